The molecule has 2 aromatic carbocycles. The van der Waals surface area contributed by atoms with Crippen molar-refractivity contribution in [1.82, 2.24) is 10.0 Å². The van der Waals surface area contributed by atoms with E-state index in [4.69, 9.17) is 25.9 Å². The monoisotopic (exact) mass is 685 g/mol. The van der Waals surface area contributed by atoms with Gasteiger partial charge in [-0.1, -0.05) is 36.7 Å². The first-order valence-electron chi connectivity index (χ1n) is 16.8. The van der Waals surface area contributed by atoms with Gasteiger partial charge in [0.05, 0.1) is 23.6 Å². The van der Waals surface area contributed by atoms with Crippen molar-refractivity contribution in [3.63, 3.8) is 0 Å². The SMILES string of the molecule is CC=O.CNC.COC1/C=C/CC(C)C(C)S(=O)NC(=O)c2ccc3c(c2)N(CC2CCC21)C[C@@]1(CCCc2cc(Cl)ccc21)CO3. The summed E-state index contributed by atoms with van der Waals surface area (Å²) >= 11 is 6.41. The number of carbonyl (C=O) groups excluding carboxylic acids is 2. The van der Waals surface area contributed by atoms with E-state index in [-0.39, 0.29) is 28.6 Å². The maximum Gasteiger partial charge on any atom is 0.263 e. The minimum absolute atomic E-state index is 0.0508. The molecule has 7 atom stereocenters. The van der Waals surface area contributed by atoms with Crippen LogP contribution in [-0.2, 0) is 32.4 Å². The van der Waals surface area contributed by atoms with Crippen molar-refractivity contribution in [3.05, 3.63) is 70.3 Å². The third-order valence-corrected chi connectivity index (χ3v) is 11.9. The lowest BCUT2D eigenvalue weighted by molar-refractivity contribution is -0.106. The number of allylic oxidation sites excluding steroid dienone is 1. The Kier molecular flexibility index (Phi) is 13.5. The summed E-state index contributed by atoms with van der Waals surface area (Å²) in [4.78, 5) is 24.6. The maximum atomic E-state index is 13.3. The van der Waals surface area contributed by atoms with Gasteiger partial charge in [0, 0.05) is 36.2 Å². The van der Waals surface area contributed by atoms with Crippen molar-refractivity contribution in [2.75, 3.05) is 45.8 Å². The zero-order valence-electron chi connectivity index (χ0n) is 28.7. The normalized spacial score (nSPS) is 30.6. The Labute approximate surface area is 288 Å². The molecule has 2 N–H and O–H groups in total. The number of benzene rings is 2. The van der Waals surface area contributed by atoms with Gasteiger partial charge in [0.1, 0.15) is 23.0 Å². The van der Waals surface area contributed by atoms with E-state index in [1.165, 1.54) is 18.1 Å². The minimum Gasteiger partial charge on any atom is -0.490 e. The molecule has 0 aromatic heterocycles. The van der Waals surface area contributed by atoms with E-state index >= 15 is 0 Å². The van der Waals surface area contributed by atoms with Gasteiger partial charge in [0.25, 0.3) is 5.91 Å². The fourth-order valence-electron chi connectivity index (χ4n) is 7.26. The average Bonchev–Trinajstić information content (AvgIpc) is 3.19. The van der Waals surface area contributed by atoms with Crippen LogP contribution in [0.4, 0.5) is 5.69 Å². The number of amides is 1. The number of aldehydes is 1. The number of hydrogen-bond acceptors (Lipinski definition) is 7. The van der Waals surface area contributed by atoms with E-state index in [2.05, 4.69) is 46.1 Å². The summed E-state index contributed by atoms with van der Waals surface area (Å²) in [5.41, 5.74) is 3.90. The van der Waals surface area contributed by atoms with Gasteiger partial charge in [-0.25, -0.2) is 4.21 Å². The molecule has 6 rings (SSSR count). The number of hydrogen-bond donors (Lipinski definition) is 2. The molecule has 0 radical (unpaired) electrons. The molecule has 2 aromatic rings. The molecule has 1 saturated carbocycles. The van der Waals surface area contributed by atoms with Gasteiger partial charge in [-0.3, -0.25) is 9.52 Å². The number of carbonyl (C=O) groups is 2. The molecule has 6 unspecified atom stereocenters. The van der Waals surface area contributed by atoms with Crippen LogP contribution in [0.3, 0.4) is 0 Å². The molecular weight excluding hydrogens is 634 g/mol. The fourth-order valence-corrected chi connectivity index (χ4v) is 8.48. The van der Waals surface area contributed by atoms with Crippen LogP contribution in [0.2, 0.25) is 5.02 Å². The third kappa shape index (κ3) is 8.66. The molecule has 47 heavy (non-hydrogen) atoms. The van der Waals surface area contributed by atoms with Gasteiger partial charge in [-0.05, 0) is 126 Å². The van der Waals surface area contributed by atoms with Crippen LogP contribution in [0, 0.1) is 17.8 Å². The summed E-state index contributed by atoms with van der Waals surface area (Å²) in [6.45, 7) is 7.71. The first-order chi connectivity index (χ1) is 22.6. The highest BCUT2D eigenvalue weighted by atomic mass is 35.5. The molecule has 2 aliphatic heterocycles. The van der Waals surface area contributed by atoms with Gasteiger partial charge >= 0.3 is 0 Å². The molecule has 0 saturated heterocycles. The molecule has 10 heteroatoms. The van der Waals surface area contributed by atoms with Crippen molar-refractivity contribution in [3.8, 4) is 5.75 Å². The van der Waals surface area contributed by atoms with Crippen LogP contribution in [0.1, 0.15) is 74.4 Å². The Hall–Kier alpha value is -2.72. The topological polar surface area (TPSA) is 97.0 Å². The van der Waals surface area contributed by atoms with Gasteiger partial charge in [0.15, 0.2) is 0 Å². The number of halogens is 1. The zero-order chi connectivity index (χ0) is 34.1. The average molecular weight is 686 g/mol. The molecule has 1 amide bonds. The fraction of sp³-hybridized carbons (Fsp3) is 0.568. The van der Waals surface area contributed by atoms with E-state index in [1.807, 2.05) is 39.2 Å². The Bertz CT molecular complexity index is 1440. The Balaban J connectivity index is 0.000000776. The number of anilines is 1. The van der Waals surface area contributed by atoms with Crippen LogP contribution < -0.4 is 19.7 Å². The molecule has 2 bridgehead atoms. The Morgan fingerprint density at radius 1 is 1.17 bits per heavy atom. The number of fused-ring (bicyclic) bond motifs is 4. The Morgan fingerprint density at radius 3 is 2.60 bits per heavy atom. The minimum atomic E-state index is -1.50. The standard InChI is InChI=1S/C33H41ClN2O4S.C2H7N.C2H4O/c1-21-6-4-8-30(39-3)27-12-9-25(27)18-36-19-33(15-5-7-23-16-26(34)11-13-28(23)33)20-40-31-14-10-24(17-29(31)36)32(37)35-41(38)22(21)2;1-3-2;1-2-3/h4,8,10-11,13-14,16-17,21-22,25,27,30H,5-7,9,12,15,18-20H2,1-3H3,(H,35,37);3H,1-2H3;2H,1H3/b8-4+;;/t21?,22?,25?,27?,30?,33-,41?;;/m0../s1. The number of ether oxygens (including phenoxy) is 2. The van der Waals surface area contributed by atoms with Gasteiger partial charge in [0.2, 0.25) is 0 Å². The van der Waals surface area contributed by atoms with Crippen LogP contribution in [-0.4, -0.2) is 68.7 Å². The largest absolute Gasteiger partial charge is 0.490 e. The van der Waals surface area contributed by atoms with Crippen molar-refractivity contribution < 1.29 is 23.3 Å². The van der Waals surface area contributed by atoms with E-state index < -0.39 is 11.0 Å². The lowest BCUT2D eigenvalue weighted by Gasteiger charge is -2.46. The highest BCUT2D eigenvalue weighted by Crippen LogP contribution is 2.47. The molecular formula is C37H52ClN3O5S. The van der Waals surface area contributed by atoms with Gasteiger partial charge in [-0.15, -0.1) is 0 Å². The molecule has 258 valence electrons. The summed E-state index contributed by atoms with van der Waals surface area (Å²) in [7, 11) is 4.05. The summed E-state index contributed by atoms with van der Waals surface area (Å²) < 4.78 is 28.5. The molecule has 2 aliphatic carbocycles. The van der Waals surface area contributed by atoms with Crippen LogP contribution in [0.15, 0.2) is 48.6 Å². The molecule has 2 heterocycles. The maximum absolute atomic E-state index is 13.3. The van der Waals surface area contributed by atoms with Crippen molar-refractivity contribution in [2.45, 2.75) is 76.1 Å². The quantitative estimate of drug-likeness (QED) is 0.270. The number of aryl methyl sites for hydroxylation is 1. The van der Waals surface area contributed by atoms with Crippen molar-refractivity contribution in [2.24, 2.45) is 17.8 Å². The van der Waals surface area contributed by atoms with E-state index in [0.717, 1.165) is 74.4 Å². The summed E-state index contributed by atoms with van der Waals surface area (Å²) in [6.07, 6.45) is 11.4. The first-order valence-corrected chi connectivity index (χ1v) is 18.4. The lowest BCUT2D eigenvalue weighted by atomic mass is 9.68. The summed E-state index contributed by atoms with van der Waals surface area (Å²) in [6, 6.07) is 12.0. The van der Waals surface area contributed by atoms with E-state index in [9.17, 15) is 9.00 Å². The number of rotatable bonds is 1. The number of nitrogens with one attached hydrogen (secondary N) is 2. The van der Waals surface area contributed by atoms with Crippen molar-refractivity contribution >= 4 is 40.5 Å². The molecule has 1 fully saturated rings. The van der Waals surface area contributed by atoms with Crippen LogP contribution in [0.5, 0.6) is 5.75 Å². The van der Waals surface area contributed by atoms with Crippen LogP contribution in [0.25, 0.3) is 0 Å². The summed E-state index contributed by atoms with van der Waals surface area (Å²) in [5, 5.41) is 3.34. The zero-order valence-corrected chi connectivity index (χ0v) is 30.3. The molecule has 8 nitrogen and oxygen atoms in total. The number of nitrogens with zero attached hydrogens (tertiary/aromatic N) is 1. The number of methoxy groups -OCH3 is 1. The van der Waals surface area contributed by atoms with Crippen molar-refractivity contribution in [1.29, 1.82) is 0 Å². The predicted molar refractivity (Wildman–Crippen MR) is 192 cm³/mol. The molecule has 4 aliphatic rings. The van der Waals surface area contributed by atoms with E-state index in [0.29, 0.717) is 24.0 Å². The van der Waals surface area contributed by atoms with Gasteiger partial charge in [-0.2, -0.15) is 0 Å². The highest BCUT2D eigenvalue weighted by molar-refractivity contribution is 7.84. The second-order valence-corrected chi connectivity index (χ2v) is 15.3. The second kappa shape index (κ2) is 17.1. The smallest absolute Gasteiger partial charge is 0.263 e. The summed E-state index contributed by atoms with van der Waals surface area (Å²) in [5.74, 6) is 1.53. The highest BCUT2D eigenvalue weighted by Gasteiger charge is 2.44. The lowest BCUT2D eigenvalue weighted by Crippen LogP contribution is -2.49. The van der Waals surface area contributed by atoms with Gasteiger partial charge < -0.3 is 24.5 Å². The Morgan fingerprint density at radius 2 is 1.91 bits per heavy atom. The third-order valence-electron chi connectivity index (χ3n) is 10.1. The second-order valence-electron chi connectivity index (χ2n) is 13.3. The molecule has 1 spiro atoms. The van der Waals surface area contributed by atoms with E-state index in [1.54, 1.807) is 13.2 Å². The first kappa shape index (κ1) is 37.1. The predicted octanol–water partition coefficient (Wildman–Crippen LogP) is 6.27. The van der Waals surface area contributed by atoms with Crippen LogP contribution >= 0.6 is 11.6 Å².